The summed E-state index contributed by atoms with van der Waals surface area (Å²) in [5, 5.41) is 2.92. The molecule has 3 rings (SSSR count). The zero-order valence-corrected chi connectivity index (χ0v) is 14.3. The lowest BCUT2D eigenvalue weighted by Crippen LogP contribution is -2.23. The Morgan fingerprint density at radius 3 is 2.44 bits per heavy atom. The zero-order valence-electron chi connectivity index (χ0n) is 14.3. The number of hydrogen-bond acceptors (Lipinski definition) is 4. The van der Waals surface area contributed by atoms with E-state index >= 15 is 0 Å². The van der Waals surface area contributed by atoms with Crippen molar-refractivity contribution in [3.63, 3.8) is 0 Å². The fourth-order valence-electron chi connectivity index (χ4n) is 2.41. The first kappa shape index (κ1) is 16.6. The standard InChI is InChI=1S/C20H20N4O/c1-24(2)18-8-5-15(6-9-18)12-23-20(25)17-7-10-19(22-14-17)16-4-3-11-21-13-16/h3-11,13-14H,12H2,1-2H3,(H,23,25). The van der Waals surface area contributed by atoms with E-state index in [1.54, 1.807) is 24.7 Å². The van der Waals surface area contributed by atoms with E-state index in [0.29, 0.717) is 12.1 Å². The smallest absolute Gasteiger partial charge is 0.253 e. The third-order valence-corrected chi connectivity index (χ3v) is 3.89. The van der Waals surface area contributed by atoms with E-state index in [1.165, 1.54) is 0 Å². The maximum atomic E-state index is 12.3. The molecule has 0 aliphatic rings. The van der Waals surface area contributed by atoms with Crippen LogP contribution in [0.3, 0.4) is 0 Å². The second-order valence-electron chi connectivity index (χ2n) is 5.92. The van der Waals surface area contributed by atoms with Crippen molar-refractivity contribution in [2.75, 3.05) is 19.0 Å². The molecule has 1 aromatic carbocycles. The maximum absolute atomic E-state index is 12.3. The zero-order chi connectivity index (χ0) is 17.6. The molecule has 0 spiro atoms. The minimum atomic E-state index is -0.137. The number of pyridine rings is 2. The molecule has 0 saturated carbocycles. The molecule has 2 heterocycles. The number of hydrogen-bond donors (Lipinski definition) is 1. The maximum Gasteiger partial charge on any atom is 0.253 e. The van der Waals surface area contributed by atoms with Crippen LogP contribution in [-0.2, 0) is 6.54 Å². The highest BCUT2D eigenvalue weighted by molar-refractivity contribution is 5.94. The first-order chi connectivity index (χ1) is 12.1. The normalized spacial score (nSPS) is 10.3. The van der Waals surface area contributed by atoms with Crippen molar-refractivity contribution < 1.29 is 4.79 Å². The fraction of sp³-hybridized carbons (Fsp3) is 0.150. The molecule has 0 radical (unpaired) electrons. The summed E-state index contributed by atoms with van der Waals surface area (Å²) in [4.78, 5) is 22.7. The quantitative estimate of drug-likeness (QED) is 0.780. The van der Waals surface area contributed by atoms with Gasteiger partial charge in [-0.2, -0.15) is 0 Å². The summed E-state index contributed by atoms with van der Waals surface area (Å²) in [5.74, 6) is -0.137. The number of anilines is 1. The van der Waals surface area contributed by atoms with Crippen LogP contribution in [0.1, 0.15) is 15.9 Å². The Bertz CT molecular complexity index is 828. The van der Waals surface area contributed by atoms with Crippen LogP contribution in [0.2, 0.25) is 0 Å². The molecule has 1 amide bonds. The molecule has 5 nitrogen and oxygen atoms in total. The minimum absolute atomic E-state index is 0.137. The highest BCUT2D eigenvalue weighted by Gasteiger charge is 2.07. The SMILES string of the molecule is CN(C)c1ccc(CNC(=O)c2ccc(-c3cccnc3)nc2)cc1. The number of benzene rings is 1. The van der Waals surface area contributed by atoms with Gasteiger partial charge in [0.25, 0.3) is 5.91 Å². The third-order valence-electron chi connectivity index (χ3n) is 3.89. The van der Waals surface area contributed by atoms with Crippen molar-refractivity contribution in [3.8, 4) is 11.3 Å². The highest BCUT2D eigenvalue weighted by atomic mass is 16.1. The fourth-order valence-corrected chi connectivity index (χ4v) is 2.41. The second kappa shape index (κ2) is 7.57. The molecule has 0 aliphatic heterocycles. The molecule has 0 unspecified atom stereocenters. The van der Waals surface area contributed by atoms with Crippen LogP contribution in [0.15, 0.2) is 67.1 Å². The van der Waals surface area contributed by atoms with Crippen LogP contribution >= 0.6 is 0 Å². The Balaban J connectivity index is 1.61. The largest absolute Gasteiger partial charge is 0.378 e. The van der Waals surface area contributed by atoms with Gasteiger partial charge in [0, 0.05) is 50.5 Å². The molecule has 0 aliphatic carbocycles. The summed E-state index contributed by atoms with van der Waals surface area (Å²) in [5.41, 5.74) is 4.45. The van der Waals surface area contributed by atoms with Gasteiger partial charge in [-0.3, -0.25) is 14.8 Å². The number of nitrogens with one attached hydrogen (secondary N) is 1. The molecule has 0 saturated heterocycles. The summed E-state index contributed by atoms with van der Waals surface area (Å²) in [6.45, 7) is 0.483. The van der Waals surface area contributed by atoms with Crippen molar-refractivity contribution in [2.45, 2.75) is 6.54 Å². The van der Waals surface area contributed by atoms with E-state index in [2.05, 4.69) is 15.3 Å². The number of aromatic nitrogens is 2. The van der Waals surface area contributed by atoms with Crippen LogP contribution in [0.4, 0.5) is 5.69 Å². The topological polar surface area (TPSA) is 58.1 Å². The summed E-state index contributed by atoms with van der Waals surface area (Å²) in [6, 6.07) is 15.5. The number of carbonyl (C=O) groups is 1. The Morgan fingerprint density at radius 2 is 1.84 bits per heavy atom. The number of rotatable bonds is 5. The average molecular weight is 332 g/mol. The van der Waals surface area contributed by atoms with E-state index in [4.69, 9.17) is 0 Å². The van der Waals surface area contributed by atoms with Gasteiger partial charge in [0.2, 0.25) is 0 Å². The predicted molar refractivity (Wildman–Crippen MR) is 99.4 cm³/mol. The molecule has 0 atom stereocenters. The van der Waals surface area contributed by atoms with Crippen molar-refractivity contribution in [1.82, 2.24) is 15.3 Å². The van der Waals surface area contributed by atoms with Gasteiger partial charge in [-0.05, 0) is 42.0 Å². The predicted octanol–water partition coefficient (Wildman–Crippen LogP) is 3.14. The van der Waals surface area contributed by atoms with Crippen molar-refractivity contribution >= 4 is 11.6 Å². The molecule has 25 heavy (non-hydrogen) atoms. The summed E-state index contributed by atoms with van der Waals surface area (Å²) in [7, 11) is 4.00. The van der Waals surface area contributed by atoms with Crippen LogP contribution in [0.25, 0.3) is 11.3 Å². The van der Waals surface area contributed by atoms with Crippen LogP contribution in [0, 0.1) is 0 Å². The number of nitrogens with zero attached hydrogens (tertiary/aromatic N) is 3. The third kappa shape index (κ3) is 4.20. The number of carbonyl (C=O) groups excluding carboxylic acids is 1. The van der Waals surface area contributed by atoms with Crippen molar-refractivity contribution in [3.05, 3.63) is 78.2 Å². The van der Waals surface area contributed by atoms with E-state index < -0.39 is 0 Å². The molecule has 1 N–H and O–H groups in total. The van der Waals surface area contributed by atoms with Crippen LogP contribution < -0.4 is 10.2 Å². The van der Waals surface area contributed by atoms with Crippen LogP contribution in [0.5, 0.6) is 0 Å². The van der Waals surface area contributed by atoms with Gasteiger partial charge >= 0.3 is 0 Å². The Kier molecular flexibility index (Phi) is 5.04. The summed E-state index contributed by atoms with van der Waals surface area (Å²) >= 11 is 0. The lowest BCUT2D eigenvalue weighted by Gasteiger charge is -2.13. The van der Waals surface area contributed by atoms with Crippen molar-refractivity contribution in [1.29, 1.82) is 0 Å². The molecule has 0 fully saturated rings. The van der Waals surface area contributed by atoms with E-state index in [9.17, 15) is 4.79 Å². The van der Waals surface area contributed by atoms with Gasteiger partial charge in [0.1, 0.15) is 0 Å². The Labute approximate surface area is 147 Å². The van der Waals surface area contributed by atoms with Gasteiger partial charge in [-0.15, -0.1) is 0 Å². The lowest BCUT2D eigenvalue weighted by atomic mass is 10.1. The Morgan fingerprint density at radius 1 is 1.04 bits per heavy atom. The van der Waals surface area contributed by atoms with E-state index in [-0.39, 0.29) is 5.91 Å². The molecule has 5 heteroatoms. The second-order valence-corrected chi connectivity index (χ2v) is 5.92. The first-order valence-electron chi connectivity index (χ1n) is 8.04. The van der Waals surface area contributed by atoms with Crippen molar-refractivity contribution in [2.24, 2.45) is 0 Å². The van der Waals surface area contributed by atoms with Gasteiger partial charge in [-0.1, -0.05) is 12.1 Å². The number of amides is 1. The minimum Gasteiger partial charge on any atom is -0.378 e. The van der Waals surface area contributed by atoms with E-state index in [0.717, 1.165) is 22.5 Å². The molecule has 0 bridgehead atoms. The van der Waals surface area contributed by atoms with Gasteiger partial charge in [0.15, 0.2) is 0 Å². The lowest BCUT2D eigenvalue weighted by molar-refractivity contribution is 0.0950. The van der Waals surface area contributed by atoms with Crippen LogP contribution in [-0.4, -0.2) is 30.0 Å². The molecule has 126 valence electrons. The molecule has 2 aromatic heterocycles. The summed E-state index contributed by atoms with van der Waals surface area (Å²) < 4.78 is 0. The van der Waals surface area contributed by atoms with Gasteiger partial charge < -0.3 is 10.2 Å². The average Bonchev–Trinajstić information content (AvgIpc) is 2.67. The molecular weight excluding hydrogens is 312 g/mol. The van der Waals surface area contributed by atoms with Gasteiger partial charge in [-0.25, -0.2) is 0 Å². The van der Waals surface area contributed by atoms with E-state index in [1.807, 2.05) is 61.5 Å². The molecular formula is C20H20N4O. The van der Waals surface area contributed by atoms with Gasteiger partial charge in [0.05, 0.1) is 11.3 Å². The summed E-state index contributed by atoms with van der Waals surface area (Å²) in [6.07, 6.45) is 5.06. The Hall–Kier alpha value is -3.21. The monoisotopic (exact) mass is 332 g/mol. The highest BCUT2D eigenvalue weighted by Crippen LogP contribution is 2.15. The molecule has 3 aromatic rings. The first-order valence-corrected chi connectivity index (χ1v) is 8.04.